The first-order valence-electron chi connectivity index (χ1n) is 10.3. The minimum absolute atomic E-state index is 0.000222. The lowest BCUT2D eigenvalue weighted by molar-refractivity contribution is -0.138. The first-order valence-corrected chi connectivity index (χ1v) is 12.2. The molecule has 0 fully saturated rings. The summed E-state index contributed by atoms with van der Waals surface area (Å²) in [5.74, 6) is 1.39. The summed E-state index contributed by atoms with van der Waals surface area (Å²) in [6, 6.07) is 17.7. The number of hydrogen-bond acceptors (Lipinski definition) is 3. The number of thioether (sulfide) groups is 1. The SMILES string of the molecule is CC(C)CNC(=O)[C@@H](C)N(CCc1ccccc1)C(=O)CSCc1ccc(Br)cc1. The van der Waals surface area contributed by atoms with Crippen LogP contribution in [0.5, 0.6) is 0 Å². The van der Waals surface area contributed by atoms with Crippen LogP contribution >= 0.6 is 27.7 Å². The molecule has 1 N–H and O–H groups in total. The average molecular weight is 491 g/mol. The lowest BCUT2D eigenvalue weighted by atomic mass is 10.1. The molecular weight excluding hydrogens is 460 g/mol. The summed E-state index contributed by atoms with van der Waals surface area (Å²) in [6.45, 7) is 7.07. The quantitative estimate of drug-likeness (QED) is 0.486. The van der Waals surface area contributed by atoms with E-state index in [0.717, 1.165) is 22.2 Å². The highest BCUT2D eigenvalue weighted by Crippen LogP contribution is 2.17. The van der Waals surface area contributed by atoms with Crippen molar-refractivity contribution in [3.8, 4) is 0 Å². The molecular formula is C24H31BrN2O2S. The molecule has 0 saturated carbocycles. The van der Waals surface area contributed by atoms with Crippen LogP contribution in [0.25, 0.3) is 0 Å². The van der Waals surface area contributed by atoms with Crippen LogP contribution in [0.3, 0.4) is 0 Å². The normalized spacial score (nSPS) is 11.9. The number of benzene rings is 2. The van der Waals surface area contributed by atoms with Crippen LogP contribution in [-0.2, 0) is 21.8 Å². The molecule has 0 bridgehead atoms. The fourth-order valence-corrected chi connectivity index (χ4v) is 4.08. The third kappa shape index (κ3) is 8.52. The standard InChI is InChI=1S/C24H31BrN2O2S/c1-18(2)15-26-24(29)19(3)27(14-13-20-7-5-4-6-8-20)23(28)17-30-16-21-9-11-22(25)12-10-21/h4-12,18-19H,13-17H2,1-3H3,(H,26,29)/t19-/m1/s1. The molecule has 0 aliphatic heterocycles. The second-order valence-electron chi connectivity index (χ2n) is 7.76. The lowest BCUT2D eigenvalue weighted by Gasteiger charge is -2.29. The minimum atomic E-state index is -0.492. The molecule has 0 aromatic heterocycles. The van der Waals surface area contributed by atoms with E-state index in [1.54, 1.807) is 16.7 Å². The minimum Gasteiger partial charge on any atom is -0.354 e. The van der Waals surface area contributed by atoms with Crippen molar-refractivity contribution >= 4 is 39.5 Å². The van der Waals surface area contributed by atoms with Gasteiger partial charge in [-0.15, -0.1) is 11.8 Å². The summed E-state index contributed by atoms with van der Waals surface area (Å²) >= 11 is 5.02. The first-order chi connectivity index (χ1) is 14.4. The summed E-state index contributed by atoms with van der Waals surface area (Å²) in [6.07, 6.45) is 0.728. The molecule has 0 spiro atoms. The van der Waals surface area contributed by atoms with Gasteiger partial charge in [-0.2, -0.15) is 0 Å². The van der Waals surface area contributed by atoms with Crippen molar-refractivity contribution in [3.05, 3.63) is 70.2 Å². The monoisotopic (exact) mass is 490 g/mol. The molecule has 6 heteroatoms. The predicted octanol–water partition coefficient (Wildman–Crippen LogP) is 4.91. The number of amides is 2. The Hall–Kier alpha value is -1.79. The molecule has 2 aromatic carbocycles. The lowest BCUT2D eigenvalue weighted by Crippen LogP contribution is -2.50. The van der Waals surface area contributed by atoms with E-state index in [-0.39, 0.29) is 11.8 Å². The van der Waals surface area contributed by atoms with Gasteiger partial charge < -0.3 is 10.2 Å². The third-order valence-electron chi connectivity index (χ3n) is 4.74. The second kappa shape index (κ2) is 12.8. The van der Waals surface area contributed by atoms with Crippen molar-refractivity contribution in [1.29, 1.82) is 0 Å². The van der Waals surface area contributed by atoms with E-state index in [4.69, 9.17) is 0 Å². The average Bonchev–Trinajstić information content (AvgIpc) is 2.74. The number of nitrogens with one attached hydrogen (secondary N) is 1. The van der Waals surface area contributed by atoms with Crippen LogP contribution in [0.15, 0.2) is 59.1 Å². The van der Waals surface area contributed by atoms with Gasteiger partial charge in [-0.05, 0) is 42.5 Å². The molecule has 162 valence electrons. The Morgan fingerprint density at radius 2 is 1.67 bits per heavy atom. The molecule has 0 saturated heterocycles. The molecule has 2 rings (SSSR count). The Labute approximate surface area is 192 Å². The molecule has 2 amide bonds. The zero-order valence-corrected chi connectivity index (χ0v) is 20.3. The van der Waals surface area contributed by atoms with E-state index >= 15 is 0 Å². The molecule has 0 heterocycles. The molecule has 0 aliphatic rings. The van der Waals surface area contributed by atoms with Crippen molar-refractivity contribution < 1.29 is 9.59 Å². The van der Waals surface area contributed by atoms with Gasteiger partial charge >= 0.3 is 0 Å². The van der Waals surface area contributed by atoms with Crippen molar-refractivity contribution in [3.63, 3.8) is 0 Å². The molecule has 30 heavy (non-hydrogen) atoms. The molecule has 1 atom stereocenters. The highest BCUT2D eigenvalue weighted by Gasteiger charge is 2.25. The Morgan fingerprint density at radius 1 is 1.00 bits per heavy atom. The molecule has 4 nitrogen and oxygen atoms in total. The van der Waals surface area contributed by atoms with Crippen LogP contribution in [-0.4, -0.2) is 41.6 Å². The zero-order valence-electron chi connectivity index (χ0n) is 17.9. The van der Waals surface area contributed by atoms with E-state index in [0.29, 0.717) is 24.8 Å². The van der Waals surface area contributed by atoms with Gasteiger partial charge in [-0.3, -0.25) is 9.59 Å². The van der Waals surface area contributed by atoms with Gasteiger partial charge in [0.05, 0.1) is 5.75 Å². The van der Waals surface area contributed by atoms with Gasteiger partial charge in [0.15, 0.2) is 0 Å². The maximum Gasteiger partial charge on any atom is 0.242 e. The number of carbonyl (C=O) groups excluding carboxylic acids is 2. The van der Waals surface area contributed by atoms with Crippen molar-refractivity contribution in [2.75, 3.05) is 18.8 Å². The maximum atomic E-state index is 13.0. The zero-order chi connectivity index (χ0) is 21.9. The first kappa shape index (κ1) is 24.5. The number of halogens is 1. The Balaban J connectivity index is 1.97. The van der Waals surface area contributed by atoms with E-state index in [2.05, 4.69) is 59.4 Å². The Bertz CT molecular complexity index is 797. The van der Waals surface area contributed by atoms with Crippen molar-refractivity contribution in [2.24, 2.45) is 5.92 Å². The summed E-state index contributed by atoms with van der Waals surface area (Å²) < 4.78 is 1.04. The van der Waals surface area contributed by atoms with Gasteiger partial charge in [0, 0.05) is 23.3 Å². The molecule has 0 unspecified atom stereocenters. The molecule has 0 radical (unpaired) electrons. The van der Waals surface area contributed by atoms with Gasteiger partial charge in [-0.1, -0.05) is 72.2 Å². The predicted molar refractivity (Wildman–Crippen MR) is 129 cm³/mol. The van der Waals surface area contributed by atoms with Crippen LogP contribution in [0.1, 0.15) is 31.9 Å². The third-order valence-corrected chi connectivity index (χ3v) is 6.26. The molecule has 2 aromatic rings. The van der Waals surface area contributed by atoms with E-state index < -0.39 is 6.04 Å². The number of rotatable bonds is 11. The number of nitrogens with zero attached hydrogens (tertiary/aromatic N) is 1. The van der Waals surface area contributed by atoms with E-state index in [1.165, 1.54) is 5.56 Å². The highest BCUT2D eigenvalue weighted by molar-refractivity contribution is 9.10. The van der Waals surface area contributed by atoms with Crippen LogP contribution < -0.4 is 5.32 Å². The molecule has 0 aliphatic carbocycles. The van der Waals surface area contributed by atoms with Crippen LogP contribution in [0.2, 0.25) is 0 Å². The fourth-order valence-electron chi connectivity index (χ4n) is 2.94. The summed E-state index contributed by atoms with van der Waals surface area (Å²) in [5.41, 5.74) is 2.34. The van der Waals surface area contributed by atoms with Gasteiger partial charge in [0.1, 0.15) is 6.04 Å². The summed E-state index contributed by atoms with van der Waals surface area (Å²) in [5, 5.41) is 2.96. The van der Waals surface area contributed by atoms with Crippen LogP contribution in [0.4, 0.5) is 0 Å². The number of carbonyl (C=O) groups is 2. The summed E-state index contributed by atoms with van der Waals surface area (Å²) in [7, 11) is 0. The fraction of sp³-hybridized carbons (Fsp3) is 0.417. The van der Waals surface area contributed by atoms with Crippen molar-refractivity contribution in [2.45, 2.75) is 39.0 Å². The van der Waals surface area contributed by atoms with Crippen LogP contribution in [0, 0.1) is 5.92 Å². The topological polar surface area (TPSA) is 49.4 Å². The smallest absolute Gasteiger partial charge is 0.242 e. The maximum absolute atomic E-state index is 13.0. The largest absolute Gasteiger partial charge is 0.354 e. The summed E-state index contributed by atoms with van der Waals surface area (Å²) in [4.78, 5) is 27.3. The second-order valence-corrected chi connectivity index (χ2v) is 9.66. The van der Waals surface area contributed by atoms with E-state index in [9.17, 15) is 9.59 Å². The van der Waals surface area contributed by atoms with Gasteiger partial charge in [-0.25, -0.2) is 0 Å². The van der Waals surface area contributed by atoms with E-state index in [1.807, 2.05) is 37.3 Å². The van der Waals surface area contributed by atoms with Gasteiger partial charge in [0.25, 0.3) is 0 Å². The van der Waals surface area contributed by atoms with Gasteiger partial charge in [0.2, 0.25) is 11.8 Å². The highest BCUT2D eigenvalue weighted by atomic mass is 79.9. The Morgan fingerprint density at radius 3 is 2.30 bits per heavy atom. The van der Waals surface area contributed by atoms with Crippen molar-refractivity contribution in [1.82, 2.24) is 10.2 Å². The Kier molecular flexibility index (Phi) is 10.4. The number of hydrogen-bond donors (Lipinski definition) is 1.